The molecule has 1 aliphatic carbocycles. The van der Waals surface area contributed by atoms with Gasteiger partial charge in [-0.1, -0.05) is 6.07 Å². The molecule has 5 nitrogen and oxygen atoms in total. The summed E-state index contributed by atoms with van der Waals surface area (Å²) in [5, 5.41) is 2.95. The lowest BCUT2D eigenvalue weighted by Crippen LogP contribution is -2.12. The van der Waals surface area contributed by atoms with Crippen molar-refractivity contribution in [2.45, 2.75) is 31.4 Å². The Morgan fingerprint density at radius 3 is 2.65 bits per heavy atom. The van der Waals surface area contributed by atoms with E-state index < -0.39 is 0 Å². The van der Waals surface area contributed by atoms with Gasteiger partial charge in [-0.15, -0.1) is 0 Å². The molecule has 20 heavy (non-hydrogen) atoms. The minimum atomic E-state index is -0.343. The highest BCUT2D eigenvalue weighted by molar-refractivity contribution is 5.94. The molecule has 0 amide bonds. The monoisotopic (exact) mass is 275 g/mol. The maximum Gasteiger partial charge on any atom is 0.343 e. The second-order valence-corrected chi connectivity index (χ2v) is 5.49. The normalized spacial score (nSPS) is 23.9. The number of esters is 1. The summed E-state index contributed by atoms with van der Waals surface area (Å²) in [6.45, 7) is 1.93. The van der Waals surface area contributed by atoms with Gasteiger partial charge in [0.15, 0.2) is 17.7 Å². The number of carbonyl (C=O) groups is 1. The van der Waals surface area contributed by atoms with Gasteiger partial charge in [-0.3, -0.25) is 5.32 Å². The van der Waals surface area contributed by atoms with Gasteiger partial charge in [0.05, 0.1) is 13.2 Å². The molecule has 2 aliphatic heterocycles. The van der Waals surface area contributed by atoms with Gasteiger partial charge in [-0.05, 0) is 24.8 Å². The Morgan fingerprint density at radius 2 is 1.95 bits per heavy atom. The molecule has 5 heteroatoms. The highest BCUT2D eigenvalue weighted by Crippen LogP contribution is 2.49. The first-order chi connectivity index (χ1) is 9.83. The number of fused-ring (bicyclic) bond motifs is 1. The summed E-state index contributed by atoms with van der Waals surface area (Å²) in [5.74, 6) is 1.53. The lowest BCUT2D eigenvalue weighted by Gasteiger charge is -2.15. The standard InChI is InChI=1S/C15H17NO4/c17-15(20-12-8-16-12)11-5-4-10(9-2-3-9)13-14(11)19-7-1-6-18-13/h4-5,9,12,16H,1-3,6-8H2. The average Bonchev–Trinajstić information content (AvgIpc) is 3.29. The molecule has 1 aromatic carbocycles. The maximum absolute atomic E-state index is 12.2. The molecule has 106 valence electrons. The van der Waals surface area contributed by atoms with Gasteiger partial charge in [0.25, 0.3) is 0 Å². The minimum Gasteiger partial charge on any atom is -0.489 e. The van der Waals surface area contributed by atoms with E-state index >= 15 is 0 Å². The predicted octanol–water partition coefficient (Wildman–Crippen LogP) is 1.81. The van der Waals surface area contributed by atoms with Crippen molar-refractivity contribution in [1.82, 2.24) is 5.32 Å². The van der Waals surface area contributed by atoms with Gasteiger partial charge in [0, 0.05) is 18.5 Å². The van der Waals surface area contributed by atoms with E-state index in [2.05, 4.69) is 5.32 Å². The van der Waals surface area contributed by atoms with Crippen molar-refractivity contribution in [1.29, 1.82) is 0 Å². The zero-order chi connectivity index (χ0) is 13.5. The van der Waals surface area contributed by atoms with E-state index in [4.69, 9.17) is 14.2 Å². The summed E-state index contributed by atoms with van der Waals surface area (Å²) in [5.41, 5.74) is 1.64. The predicted molar refractivity (Wildman–Crippen MR) is 71.2 cm³/mol. The van der Waals surface area contributed by atoms with Crippen molar-refractivity contribution in [2.24, 2.45) is 0 Å². The van der Waals surface area contributed by atoms with Gasteiger partial charge < -0.3 is 14.2 Å². The van der Waals surface area contributed by atoms with Crippen LogP contribution in [0.5, 0.6) is 11.5 Å². The summed E-state index contributed by atoms with van der Waals surface area (Å²) < 4.78 is 16.9. The summed E-state index contributed by atoms with van der Waals surface area (Å²) in [4.78, 5) is 12.2. The quantitative estimate of drug-likeness (QED) is 0.673. The Morgan fingerprint density at radius 1 is 1.20 bits per heavy atom. The number of rotatable bonds is 3. The molecule has 1 atom stereocenters. The van der Waals surface area contributed by atoms with Crippen LogP contribution >= 0.6 is 0 Å². The smallest absolute Gasteiger partial charge is 0.343 e. The molecule has 0 radical (unpaired) electrons. The van der Waals surface area contributed by atoms with Gasteiger partial charge >= 0.3 is 5.97 Å². The fourth-order valence-electron chi connectivity index (χ4n) is 2.48. The average molecular weight is 275 g/mol. The molecule has 4 rings (SSSR count). The maximum atomic E-state index is 12.2. The third-order valence-electron chi connectivity index (χ3n) is 3.78. The molecular formula is C15H17NO4. The second kappa shape index (κ2) is 4.66. The van der Waals surface area contributed by atoms with Gasteiger partial charge in [-0.25, -0.2) is 4.79 Å². The number of nitrogens with one attached hydrogen (secondary N) is 1. The van der Waals surface area contributed by atoms with Crippen LogP contribution in [-0.4, -0.2) is 32.0 Å². The van der Waals surface area contributed by atoms with Crippen molar-refractivity contribution >= 4 is 5.97 Å². The molecule has 1 aromatic rings. The van der Waals surface area contributed by atoms with Crippen LogP contribution in [0.1, 0.15) is 41.1 Å². The van der Waals surface area contributed by atoms with Crippen molar-refractivity contribution in [2.75, 3.05) is 19.8 Å². The van der Waals surface area contributed by atoms with Crippen LogP contribution in [0.2, 0.25) is 0 Å². The van der Waals surface area contributed by atoms with Crippen LogP contribution in [0.3, 0.4) is 0 Å². The fraction of sp³-hybridized carbons (Fsp3) is 0.533. The molecule has 1 unspecified atom stereocenters. The first-order valence-corrected chi connectivity index (χ1v) is 7.20. The number of benzene rings is 1. The Balaban J connectivity index is 1.72. The third kappa shape index (κ3) is 2.22. The first kappa shape index (κ1) is 12.0. The largest absolute Gasteiger partial charge is 0.489 e. The third-order valence-corrected chi connectivity index (χ3v) is 3.78. The molecular weight excluding hydrogens is 258 g/mol. The summed E-state index contributed by atoms with van der Waals surface area (Å²) in [6, 6.07) is 3.80. The lowest BCUT2D eigenvalue weighted by atomic mass is 10.0. The zero-order valence-corrected chi connectivity index (χ0v) is 11.2. The van der Waals surface area contributed by atoms with E-state index in [1.54, 1.807) is 0 Å². The molecule has 0 spiro atoms. The Bertz CT molecular complexity index is 549. The Hall–Kier alpha value is -1.75. The molecule has 1 N–H and O–H groups in total. The van der Waals surface area contributed by atoms with E-state index in [-0.39, 0.29) is 12.2 Å². The highest BCUT2D eigenvalue weighted by atomic mass is 16.6. The van der Waals surface area contributed by atoms with E-state index in [0.717, 1.165) is 18.7 Å². The molecule has 2 fully saturated rings. The molecule has 1 saturated heterocycles. The van der Waals surface area contributed by atoms with Gasteiger partial charge in [-0.2, -0.15) is 0 Å². The second-order valence-electron chi connectivity index (χ2n) is 5.49. The van der Waals surface area contributed by atoms with E-state index in [1.807, 2.05) is 12.1 Å². The van der Waals surface area contributed by atoms with Gasteiger partial charge in [0.2, 0.25) is 0 Å². The fourth-order valence-corrected chi connectivity index (χ4v) is 2.48. The highest BCUT2D eigenvalue weighted by Gasteiger charge is 2.33. The summed E-state index contributed by atoms with van der Waals surface area (Å²) in [6.07, 6.45) is 3.06. The van der Waals surface area contributed by atoms with Crippen molar-refractivity contribution in [3.05, 3.63) is 23.3 Å². The molecule has 2 heterocycles. The minimum absolute atomic E-state index is 0.145. The molecule has 0 aromatic heterocycles. The van der Waals surface area contributed by atoms with Crippen LogP contribution in [0.25, 0.3) is 0 Å². The number of ether oxygens (including phenoxy) is 3. The number of hydrogen-bond donors (Lipinski definition) is 1. The van der Waals surface area contributed by atoms with Crippen LogP contribution in [0, 0.1) is 0 Å². The SMILES string of the molecule is O=C(OC1CN1)c1ccc(C2CC2)c2c1OCCCO2. The first-order valence-electron chi connectivity index (χ1n) is 7.20. The molecule has 1 saturated carbocycles. The molecule has 0 bridgehead atoms. The molecule has 3 aliphatic rings. The topological polar surface area (TPSA) is 66.7 Å². The van der Waals surface area contributed by atoms with Crippen LogP contribution in [0.4, 0.5) is 0 Å². The zero-order valence-electron chi connectivity index (χ0n) is 11.2. The van der Waals surface area contributed by atoms with Crippen LogP contribution in [0.15, 0.2) is 12.1 Å². The lowest BCUT2D eigenvalue weighted by molar-refractivity contribution is 0.0462. The van der Waals surface area contributed by atoms with Gasteiger partial charge in [0.1, 0.15) is 5.56 Å². The van der Waals surface area contributed by atoms with Crippen LogP contribution < -0.4 is 14.8 Å². The van der Waals surface area contributed by atoms with E-state index in [9.17, 15) is 4.79 Å². The Kier molecular flexibility index (Phi) is 2.80. The number of hydrogen-bond acceptors (Lipinski definition) is 5. The number of carbonyl (C=O) groups excluding carboxylic acids is 1. The van der Waals surface area contributed by atoms with Crippen LogP contribution in [-0.2, 0) is 4.74 Å². The van der Waals surface area contributed by atoms with Crippen molar-refractivity contribution < 1.29 is 19.0 Å². The Labute approximate surface area is 117 Å². The summed E-state index contributed by atoms with van der Waals surface area (Å²) >= 11 is 0. The van der Waals surface area contributed by atoms with E-state index in [1.165, 1.54) is 18.4 Å². The van der Waals surface area contributed by atoms with E-state index in [0.29, 0.717) is 30.4 Å². The van der Waals surface area contributed by atoms with Crippen molar-refractivity contribution in [3.63, 3.8) is 0 Å². The van der Waals surface area contributed by atoms with Crippen molar-refractivity contribution in [3.8, 4) is 11.5 Å². The summed E-state index contributed by atoms with van der Waals surface area (Å²) in [7, 11) is 0.